The first-order chi connectivity index (χ1) is 11.8. The Morgan fingerprint density at radius 2 is 0.833 bits per heavy atom. The van der Waals surface area contributed by atoms with Gasteiger partial charge in [0.05, 0.1) is 0 Å². The molecule has 0 aliphatic rings. The van der Waals surface area contributed by atoms with Gasteiger partial charge < -0.3 is 0 Å². The van der Waals surface area contributed by atoms with Crippen LogP contribution in [0.5, 0.6) is 0 Å². The summed E-state index contributed by atoms with van der Waals surface area (Å²) in [6.45, 7) is 4.42. The van der Waals surface area contributed by atoms with Crippen molar-refractivity contribution in [2.45, 2.75) is 39.5 Å². The normalized spacial score (nSPS) is 10.8. The summed E-state index contributed by atoms with van der Waals surface area (Å²) in [6.07, 6.45) is 4.23. The zero-order valence-electron chi connectivity index (χ0n) is 14.8. The molecular formula is C24H26. The highest BCUT2D eigenvalue weighted by Crippen LogP contribution is 2.16. The molecule has 3 aromatic carbocycles. The van der Waals surface area contributed by atoms with Crippen molar-refractivity contribution in [3.63, 3.8) is 0 Å². The van der Waals surface area contributed by atoms with Gasteiger partial charge in [-0.25, -0.2) is 0 Å². The molecule has 0 atom stereocenters. The van der Waals surface area contributed by atoms with Gasteiger partial charge in [-0.2, -0.15) is 0 Å². The van der Waals surface area contributed by atoms with E-state index >= 15 is 0 Å². The predicted octanol–water partition coefficient (Wildman–Crippen LogP) is 5.99. The fraction of sp³-hybridized carbons (Fsp3) is 0.250. The summed E-state index contributed by atoms with van der Waals surface area (Å²) < 4.78 is 0. The maximum atomic E-state index is 2.32. The Kier molecular flexibility index (Phi) is 5.48. The molecule has 0 aliphatic heterocycles. The lowest BCUT2D eigenvalue weighted by Crippen LogP contribution is -1.93. The monoisotopic (exact) mass is 314 g/mol. The highest BCUT2D eigenvalue weighted by Gasteiger charge is 2.01. The second-order valence-corrected chi connectivity index (χ2v) is 6.52. The third-order valence-corrected chi connectivity index (χ3v) is 4.64. The molecule has 0 unspecified atom stereocenters. The highest BCUT2D eigenvalue weighted by molar-refractivity contribution is 5.34. The van der Waals surface area contributed by atoms with E-state index in [-0.39, 0.29) is 0 Å². The van der Waals surface area contributed by atoms with Gasteiger partial charge in [0.1, 0.15) is 0 Å². The van der Waals surface area contributed by atoms with Crippen LogP contribution in [0.25, 0.3) is 0 Å². The van der Waals surface area contributed by atoms with Gasteiger partial charge in [0.25, 0.3) is 0 Å². The van der Waals surface area contributed by atoms with E-state index in [1.54, 1.807) is 0 Å². The van der Waals surface area contributed by atoms with Crippen molar-refractivity contribution in [3.8, 4) is 0 Å². The zero-order valence-corrected chi connectivity index (χ0v) is 14.8. The SMILES string of the molecule is CCc1cccc(Cc2ccc(Cc3cccc(CC)c3)cc2)c1. The van der Waals surface area contributed by atoms with Gasteiger partial charge in [-0.1, -0.05) is 86.6 Å². The van der Waals surface area contributed by atoms with Crippen LogP contribution in [0.4, 0.5) is 0 Å². The molecule has 0 bridgehead atoms. The largest absolute Gasteiger partial charge is 0.0617 e. The Balaban J connectivity index is 1.68. The van der Waals surface area contributed by atoms with Gasteiger partial charge in [-0.05, 0) is 59.1 Å². The minimum absolute atomic E-state index is 1.01. The first kappa shape index (κ1) is 16.5. The highest BCUT2D eigenvalue weighted by atomic mass is 14.1. The Morgan fingerprint density at radius 1 is 0.458 bits per heavy atom. The number of benzene rings is 3. The van der Waals surface area contributed by atoms with E-state index in [0.717, 1.165) is 25.7 Å². The number of rotatable bonds is 6. The summed E-state index contributed by atoms with van der Waals surface area (Å²) in [5.41, 5.74) is 8.40. The number of hydrogen-bond donors (Lipinski definition) is 0. The molecule has 0 amide bonds. The van der Waals surface area contributed by atoms with Crippen LogP contribution in [0.3, 0.4) is 0 Å². The molecule has 3 aromatic rings. The summed E-state index contributed by atoms with van der Waals surface area (Å²) in [7, 11) is 0. The van der Waals surface area contributed by atoms with E-state index in [4.69, 9.17) is 0 Å². The Labute approximate surface area is 146 Å². The van der Waals surface area contributed by atoms with Crippen molar-refractivity contribution < 1.29 is 0 Å². The molecule has 0 saturated heterocycles. The Morgan fingerprint density at radius 3 is 1.21 bits per heavy atom. The summed E-state index contributed by atoms with van der Waals surface area (Å²) >= 11 is 0. The van der Waals surface area contributed by atoms with Crippen molar-refractivity contribution in [2.24, 2.45) is 0 Å². The number of aryl methyl sites for hydroxylation is 2. The molecule has 122 valence electrons. The van der Waals surface area contributed by atoms with Crippen LogP contribution in [0.15, 0.2) is 72.8 Å². The molecule has 0 radical (unpaired) electrons. The molecule has 0 heterocycles. The van der Waals surface area contributed by atoms with E-state index < -0.39 is 0 Å². The maximum absolute atomic E-state index is 2.32. The average molecular weight is 314 g/mol. The summed E-state index contributed by atoms with van der Waals surface area (Å²) in [5, 5.41) is 0. The van der Waals surface area contributed by atoms with Crippen molar-refractivity contribution in [1.82, 2.24) is 0 Å². The third-order valence-electron chi connectivity index (χ3n) is 4.64. The third kappa shape index (κ3) is 4.35. The van der Waals surface area contributed by atoms with Crippen LogP contribution in [0.2, 0.25) is 0 Å². The molecule has 0 aromatic heterocycles. The molecule has 0 N–H and O–H groups in total. The van der Waals surface area contributed by atoms with E-state index in [2.05, 4.69) is 86.6 Å². The molecule has 0 aliphatic carbocycles. The minimum Gasteiger partial charge on any atom is -0.0617 e. The second kappa shape index (κ2) is 7.97. The predicted molar refractivity (Wildman–Crippen MR) is 104 cm³/mol. The molecule has 0 spiro atoms. The standard InChI is InChI=1S/C24H26/c1-3-19-7-5-9-23(15-19)17-21-11-13-22(14-12-21)18-24-10-6-8-20(4-2)16-24/h5-16H,3-4,17-18H2,1-2H3. The van der Waals surface area contributed by atoms with Crippen LogP contribution >= 0.6 is 0 Å². The molecule has 0 saturated carbocycles. The smallest absolute Gasteiger partial charge is 0.00257 e. The van der Waals surface area contributed by atoms with E-state index in [1.807, 2.05) is 0 Å². The lowest BCUT2D eigenvalue weighted by Gasteiger charge is -2.07. The average Bonchev–Trinajstić information content (AvgIpc) is 2.64. The maximum Gasteiger partial charge on any atom is -0.00257 e. The van der Waals surface area contributed by atoms with E-state index in [9.17, 15) is 0 Å². The minimum atomic E-state index is 1.01. The lowest BCUT2D eigenvalue weighted by molar-refractivity contribution is 1.09. The summed E-state index contributed by atoms with van der Waals surface area (Å²) in [5.74, 6) is 0. The first-order valence-corrected chi connectivity index (χ1v) is 9.00. The Hall–Kier alpha value is -2.34. The van der Waals surface area contributed by atoms with Crippen molar-refractivity contribution in [3.05, 3.63) is 106 Å². The van der Waals surface area contributed by atoms with Crippen LogP contribution in [0.1, 0.15) is 47.2 Å². The van der Waals surface area contributed by atoms with Gasteiger partial charge >= 0.3 is 0 Å². The second-order valence-electron chi connectivity index (χ2n) is 6.52. The van der Waals surface area contributed by atoms with Crippen LogP contribution in [-0.4, -0.2) is 0 Å². The van der Waals surface area contributed by atoms with Gasteiger partial charge in [-0.15, -0.1) is 0 Å². The molecule has 0 nitrogen and oxygen atoms in total. The van der Waals surface area contributed by atoms with Crippen LogP contribution < -0.4 is 0 Å². The summed E-state index contributed by atoms with van der Waals surface area (Å²) in [6, 6.07) is 27.0. The zero-order chi connectivity index (χ0) is 16.8. The molecular weight excluding hydrogens is 288 g/mol. The molecule has 24 heavy (non-hydrogen) atoms. The van der Waals surface area contributed by atoms with Gasteiger partial charge in [0.2, 0.25) is 0 Å². The Bertz CT molecular complexity index is 713. The lowest BCUT2D eigenvalue weighted by atomic mass is 9.98. The molecule has 0 fully saturated rings. The first-order valence-electron chi connectivity index (χ1n) is 9.00. The van der Waals surface area contributed by atoms with Gasteiger partial charge in [0, 0.05) is 0 Å². The van der Waals surface area contributed by atoms with E-state index in [1.165, 1.54) is 33.4 Å². The number of hydrogen-bond acceptors (Lipinski definition) is 0. The quantitative estimate of drug-likeness (QED) is 0.524. The van der Waals surface area contributed by atoms with Gasteiger partial charge in [-0.3, -0.25) is 0 Å². The van der Waals surface area contributed by atoms with Crippen molar-refractivity contribution in [1.29, 1.82) is 0 Å². The van der Waals surface area contributed by atoms with Crippen molar-refractivity contribution >= 4 is 0 Å². The van der Waals surface area contributed by atoms with Crippen molar-refractivity contribution in [2.75, 3.05) is 0 Å². The molecule has 0 heteroatoms. The summed E-state index contributed by atoms with van der Waals surface area (Å²) in [4.78, 5) is 0. The van der Waals surface area contributed by atoms with E-state index in [0.29, 0.717) is 0 Å². The van der Waals surface area contributed by atoms with Gasteiger partial charge in [0.15, 0.2) is 0 Å². The van der Waals surface area contributed by atoms with Crippen LogP contribution in [0, 0.1) is 0 Å². The van der Waals surface area contributed by atoms with Crippen LogP contribution in [-0.2, 0) is 25.7 Å². The fourth-order valence-corrected chi connectivity index (χ4v) is 3.17. The fourth-order valence-electron chi connectivity index (χ4n) is 3.17. The topological polar surface area (TPSA) is 0 Å². The molecule has 3 rings (SSSR count).